The Bertz CT molecular complexity index is 551. The van der Waals surface area contributed by atoms with Crippen LogP contribution in [0.1, 0.15) is 31.2 Å². The lowest BCUT2D eigenvalue weighted by molar-refractivity contribution is 0.00167. The van der Waals surface area contributed by atoms with E-state index in [9.17, 15) is 0 Å². The summed E-state index contributed by atoms with van der Waals surface area (Å²) in [7, 11) is 0. The van der Waals surface area contributed by atoms with E-state index in [2.05, 4.69) is 42.5 Å². The summed E-state index contributed by atoms with van der Waals surface area (Å²) in [5.41, 5.74) is 1.27. The molecule has 1 fully saturated rings. The Morgan fingerprint density at radius 1 is 0.950 bits per heavy atom. The molecule has 0 bridgehead atoms. The molecule has 0 aromatic heterocycles. The molecule has 0 atom stereocenters. The van der Waals surface area contributed by atoms with Crippen molar-refractivity contribution in [3.8, 4) is 0 Å². The third kappa shape index (κ3) is 3.02. The Balaban J connectivity index is 1.63. The van der Waals surface area contributed by atoms with Gasteiger partial charge in [-0.05, 0) is 47.9 Å². The lowest BCUT2D eigenvalue weighted by Crippen LogP contribution is -2.23. The number of fused-ring (bicyclic) bond motifs is 1. The zero-order valence-electron chi connectivity index (χ0n) is 11.8. The summed E-state index contributed by atoms with van der Waals surface area (Å²) in [5, 5.41) is 11.7. The molecule has 3 rings (SSSR count). The van der Waals surface area contributed by atoms with E-state index in [0.717, 1.165) is 25.7 Å². The van der Waals surface area contributed by atoms with E-state index in [-0.39, 0.29) is 0 Å². The van der Waals surface area contributed by atoms with Gasteiger partial charge in [0.05, 0.1) is 12.7 Å². The van der Waals surface area contributed by atoms with Gasteiger partial charge in [-0.3, -0.25) is 0 Å². The highest BCUT2D eigenvalue weighted by atomic mass is 16.5. The third-order valence-corrected chi connectivity index (χ3v) is 4.41. The van der Waals surface area contributed by atoms with Gasteiger partial charge in [0.25, 0.3) is 0 Å². The molecule has 0 aliphatic heterocycles. The van der Waals surface area contributed by atoms with Crippen LogP contribution in [0.25, 0.3) is 10.8 Å². The van der Waals surface area contributed by atoms with Gasteiger partial charge in [-0.15, -0.1) is 0 Å². The summed E-state index contributed by atoms with van der Waals surface area (Å²) in [6, 6.07) is 14.9. The molecule has 0 unspecified atom stereocenters. The van der Waals surface area contributed by atoms with Gasteiger partial charge in [-0.1, -0.05) is 42.5 Å². The fourth-order valence-electron chi connectivity index (χ4n) is 3.11. The highest BCUT2D eigenvalue weighted by Crippen LogP contribution is 2.27. The summed E-state index contributed by atoms with van der Waals surface area (Å²) in [6.45, 7) is 1.02. The van der Waals surface area contributed by atoms with Crippen molar-refractivity contribution in [2.24, 2.45) is 5.92 Å². The second-order valence-electron chi connectivity index (χ2n) is 5.77. The largest absolute Gasteiger partial charge is 0.396 e. The molecule has 0 spiro atoms. The highest BCUT2D eigenvalue weighted by Gasteiger charge is 2.21. The molecule has 1 aliphatic rings. The third-order valence-electron chi connectivity index (χ3n) is 4.41. The number of hydrogen-bond acceptors (Lipinski definition) is 2. The second kappa shape index (κ2) is 6.38. The number of ether oxygens (including phenoxy) is 1. The molecule has 1 saturated carbocycles. The topological polar surface area (TPSA) is 29.5 Å². The van der Waals surface area contributed by atoms with Gasteiger partial charge in [0.2, 0.25) is 0 Å². The van der Waals surface area contributed by atoms with Crippen molar-refractivity contribution < 1.29 is 9.84 Å². The zero-order valence-corrected chi connectivity index (χ0v) is 11.8. The molecular weight excluding hydrogens is 248 g/mol. The first kappa shape index (κ1) is 13.6. The molecule has 2 nitrogen and oxygen atoms in total. The van der Waals surface area contributed by atoms with E-state index in [4.69, 9.17) is 9.84 Å². The van der Waals surface area contributed by atoms with Crippen LogP contribution in [0.3, 0.4) is 0 Å². The second-order valence-corrected chi connectivity index (χ2v) is 5.77. The number of aliphatic hydroxyl groups excluding tert-OH is 1. The SMILES string of the molecule is OCC1CCC(OCc2cccc3ccccc23)CC1. The fourth-order valence-corrected chi connectivity index (χ4v) is 3.11. The summed E-state index contributed by atoms with van der Waals surface area (Å²) in [6.07, 6.45) is 4.70. The predicted molar refractivity (Wildman–Crippen MR) is 81.6 cm³/mol. The van der Waals surface area contributed by atoms with Crippen LogP contribution in [-0.2, 0) is 11.3 Å². The van der Waals surface area contributed by atoms with Crippen molar-refractivity contribution in [3.63, 3.8) is 0 Å². The summed E-state index contributed by atoms with van der Waals surface area (Å²) >= 11 is 0. The molecule has 2 aromatic carbocycles. The average molecular weight is 270 g/mol. The molecule has 1 N–H and O–H groups in total. The van der Waals surface area contributed by atoms with Crippen LogP contribution >= 0.6 is 0 Å². The van der Waals surface area contributed by atoms with E-state index in [1.807, 2.05) is 0 Å². The first-order valence-corrected chi connectivity index (χ1v) is 7.56. The predicted octanol–water partition coefficient (Wildman–Crippen LogP) is 3.91. The van der Waals surface area contributed by atoms with Gasteiger partial charge in [0.1, 0.15) is 0 Å². The molecule has 2 heteroatoms. The van der Waals surface area contributed by atoms with Crippen LogP contribution in [-0.4, -0.2) is 17.8 Å². The smallest absolute Gasteiger partial charge is 0.0726 e. The molecule has 0 amide bonds. The number of aliphatic hydroxyl groups is 1. The Hall–Kier alpha value is -1.38. The first-order valence-electron chi connectivity index (χ1n) is 7.56. The molecule has 20 heavy (non-hydrogen) atoms. The van der Waals surface area contributed by atoms with Gasteiger partial charge >= 0.3 is 0 Å². The maximum Gasteiger partial charge on any atom is 0.0726 e. The van der Waals surface area contributed by atoms with Crippen LogP contribution in [0.2, 0.25) is 0 Å². The molecule has 0 radical (unpaired) electrons. The van der Waals surface area contributed by atoms with E-state index in [1.54, 1.807) is 0 Å². The van der Waals surface area contributed by atoms with Gasteiger partial charge in [0.15, 0.2) is 0 Å². The minimum Gasteiger partial charge on any atom is -0.396 e. The van der Waals surface area contributed by atoms with Crippen LogP contribution in [0.15, 0.2) is 42.5 Å². The fraction of sp³-hybridized carbons (Fsp3) is 0.444. The Morgan fingerprint density at radius 2 is 1.70 bits per heavy atom. The van der Waals surface area contributed by atoms with Crippen molar-refractivity contribution in [3.05, 3.63) is 48.0 Å². The summed E-state index contributed by atoms with van der Waals surface area (Å²) in [5.74, 6) is 0.493. The highest BCUT2D eigenvalue weighted by molar-refractivity contribution is 5.85. The summed E-state index contributed by atoms with van der Waals surface area (Å²) in [4.78, 5) is 0. The van der Waals surface area contributed by atoms with Crippen molar-refractivity contribution in [1.82, 2.24) is 0 Å². The van der Waals surface area contributed by atoms with Gasteiger partial charge in [-0.2, -0.15) is 0 Å². The molecule has 0 saturated heterocycles. The average Bonchev–Trinajstić information content (AvgIpc) is 2.53. The lowest BCUT2D eigenvalue weighted by atomic mass is 9.88. The summed E-state index contributed by atoms with van der Waals surface area (Å²) < 4.78 is 6.09. The quantitative estimate of drug-likeness (QED) is 0.912. The van der Waals surface area contributed by atoms with Crippen molar-refractivity contribution >= 4 is 10.8 Å². The molecule has 1 aliphatic carbocycles. The van der Waals surface area contributed by atoms with Crippen LogP contribution in [0, 0.1) is 5.92 Å². The van der Waals surface area contributed by atoms with Gasteiger partial charge < -0.3 is 9.84 Å². The maximum absolute atomic E-state index is 9.16. The Kier molecular flexibility index (Phi) is 4.34. The molecule has 0 heterocycles. The molecular formula is C18H22O2. The minimum absolute atomic E-state index is 0.329. The Morgan fingerprint density at radius 3 is 2.50 bits per heavy atom. The zero-order chi connectivity index (χ0) is 13.8. The lowest BCUT2D eigenvalue weighted by Gasteiger charge is -2.27. The number of rotatable bonds is 4. The molecule has 106 valence electrons. The normalized spacial score (nSPS) is 23.1. The van der Waals surface area contributed by atoms with E-state index in [0.29, 0.717) is 25.2 Å². The van der Waals surface area contributed by atoms with Crippen molar-refractivity contribution in [2.45, 2.75) is 38.4 Å². The minimum atomic E-state index is 0.329. The first-order chi connectivity index (χ1) is 9.86. The van der Waals surface area contributed by atoms with Crippen molar-refractivity contribution in [2.75, 3.05) is 6.61 Å². The van der Waals surface area contributed by atoms with Gasteiger partial charge in [0, 0.05) is 6.61 Å². The molecule has 2 aromatic rings. The van der Waals surface area contributed by atoms with E-state index in [1.165, 1.54) is 16.3 Å². The monoisotopic (exact) mass is 270 g/mol. The van der Waals surface area contributed by atoms with Crippen LogP contribution in [0.4, 0.5) is 0 Å². The Labute approximate surface area is 120 Å². The van der Waals surface area contributed by atoms with E-state index < -0.39 is 0 Å². The van der Waals surface area contributed by atoms with Crippen molar-refractivity contribution in [1.29, 1.82) is 0 Å². The standard InChI is InChI=1S/C18H22O2/c19-12-14-8-10-17(11-9-14)20-13-16-6-3-5-15-4-1-2-7-18(15)16/h1-7,14,17,19H,8-13H2. The maximum atomic E-state index is 9.16. The number of hydrogen-bond donors (Lipinski definition) is 1. The van der Waals surface area contributed by atoms with E-state index >= 15 is 0 Å². The van der Waals surface area contributed by atoms with Gasteiger partial charge in [-0.25, -0.2) is 0 Å². The number of benzene rings is 2. The van der Waals surface area contributed by atoms with Crippen LogP contribution in [0.5, 0.6) is 0 Å². The van der Waals surface area contributed by atoms with Crippen LogP contribution < -0.4 is 0 Å².